The normalized spacial score (nSPS) is 8.00. The Morgan fingerprint density at radius 1 is 0.556 bits per heavy atom. The predicted octanol–water partition coefficient (Wildman–Crippen LogP) is 2.18. The minimum Gasteiger partial charge on any atom is -0.00840 e. The average molecular weight is 349 g/mol. The maximum atomic E-state index is 2.27. The fourth-order valence-corrected chi connectivity index (χ4v) is 0. The van der Waals surface area contributed by atoms with Crippen LogP contribution in [0.3, 0.4) is 0 Å². The van der Waals surface area contributed by atoms with Gasteiger partial charge in [-0.25, -0.2) is 0 Å². The largest absolute Gasteiger partial charge is 2.00 e. The van der Waals surface area contributed by atoms with E-state index >= 15 is 0 Å². The van der Waals surface area contributed by atoms with Crippen LogP contribution in [0, 0.1) is 0 Å². The van der Waals surface area contributed by atoms with Gasteiger partial charge in [-0.2, -0.15) is 0 Å². The van der Waals surface area contributed by atoms with E-state index in [1.165, 1.54) is 0 Å². The first-order chi connectivity index (χ1) is 3.46. The van der Waals surface area contributed by atoms with Crippen molar-refractivity contribution in [2.45, 2.75) is 0 Å². The van der Waals surface area contributed by atoms with Crippen molar-refractivity contribution in [3.05, 3.63) is 0 Å². The van der Waals surface area contributed by atoms with E-state index < -0.39 is 0 Å². The van der Waals surface area contributed by atoms with Gasteiger partial charge in [0.1, 0.15) is 0 Å². The molecule has 0 atom stereocenters. The van der Waals surface area contributed by atoms with Gasteiger partial charge in [-0.15, -0.1) is 0 Å². The summed E-state index contributed by atoms with van der Waals surface area (Å²) in [7, 11) is 0.241. The zero-order valence-electron chi connectivity index (χ0n) is 7.32. The van der Waals surface area contributed by atoms with E-state index in [1.54, 1.807) is 0 Å². The van der Waals surface area contributed by atoms with E-state index in [9.17, 15) is 0 Å². The second kappa shape index (κ2) is 12.2. The Morgan fingerprint density at radius 3 is 0.556 bits per heavy atom. The third-order valence-electron chi connectivity index (χ3n) is 0. The van der Waals surface area contributed by atoms with Crippen LogP contribution in [-0.4, -0.2) is 40.0 Å². The van der Waals surface area contributed by atoms with E-state index in [4.69, 9.17) is 0 Å². The van der Waals surface area contributed by atoms with E-state index in [-0.39, 0.29) is 36.9 Å². The van der Waals surface area contributed by atoms with Crippen LogP contribution in [0.25, 0.3) is 0 Å². The molecule has 0 saturated heterocycles. The molecule has 0 amide bonds. The van der Waals surface area contributed by atoms with E-state index in [1.807, 2.05) is 0 Å². The van der Waals surface area contributed by atoms with Crippen LogP contribution in [0.5, 0.6) is 0 Å². The predicted molar refractivity (Wildman–Crippen MR) is 52.2 cm³/mol. The third-order valence-corrected chi connectivity index (χ3v) is 0. The molecular formula is C6H20P2Pt+4. The van der Waals surface area contributed by atoms with Gasteiger partial charge in [0.05, 0.1) is 0 Å². The first-order valence-corrected chi connectivity index (χ1v) is 9.00. The van der Waals surface area contributed by atoms with Gasteiger partial charge in [-0.05, 0) is 15.8 Å². The van der Waals surface area contributed by atoms with Crippen LogP contribution in [0.2, 0.25) is 0 Å². The minimum absolute atomic E-state index is 0. The smallest absolute Gasteiger partial charge is 0.00840 e. The molecule has 0 aromatic rings. The Bertz CT molecular complexity index is 26.5. The number of hydrogen-bond donors (Lipinski definition) is 0. The summed E-state index contributed by atoms with van der Waals surface area (Å²) in [5.41, 5.74) is 0. The Morgan fingerprint density at radius 2 is 0.556 bits per heavy atom. The summed E-state index contributed by atoms with van der Waals surface area (Å²) in [6.07, 6.45) is 0. The quantitative estimate of drug-likeness (QED) is 0.588. The molecule has 9 heavy (non-hydrogen) atoms. The SMILES string of the molecule is C[PH+](C)C.C[PH+](C)C.[Pt+2]. The van der Waals surface area contributed by atoms with Crippen LogP contribution < -0.4 is 0 Å². The molecule has 0 heterocycles. The molecule has 3 heteroatoms. The molecule has 0 aromatic heterocycles. The van der Waals surface area contributed by atoms with Crippen LogP contribution in [0.1, 0.15) is 0 Å². The standard InChI is InChI=1S/2C3H9P.Pt/c2*1-4(2)3;/h2*1-3H3;/q;;+2/p+2. The monoisotopic (exact) mass is 349 g/mol. The van der Waals surface area contributed by atoms with Crippen molar-refractivity contribution in [1.29, 1.82) is 0 Å². The molecule has 0 aliphatic heterocycles. The fraction of sp³-hybridized carbons (Fsp3) is 1.00. The summed E-state index contributed by atoms with van der Waals surface area (Å²) in [5.74, 6) is 0. The maximum Gasteiger partial charge on any atom is 2.00 e. The van der Waals surface area contributed by atoms with Crippen molar-refractivity contribution >= 4 is 15.8 Å². The molecule has 0 aliphatic rings. The molecule has 0 rings (SSSR count). The topological polar surface area (TPSA) is 0 Å². The molecular weight excluding hydrogens is 329 g/mol. The Labute approximate surface area is 77.0 Å². The van der Waals surface area contributed by atoms with Crippen molar-refractivity contribution in [3.63, 3.8) is 0 Å². The summed E-state index contributed by atoms with van der Waals surface area (Å²) in [6.45, 7) is 13.6. The van der Waals surface area contributed by atoms with Crippen LogP contribution >= 0.6 is 15.8 Å². The molecule has 0 bridgehead atoms. The summed E-state index contributed by atoms with van der Waals surface area (Å²) < 4.78 is 0. The maximum absolute atomic E-state index is 2.27. The van der Waals surface area contributed by atoms with Crippen LogP contribution in [0.15, 0.2) is 0 Å². The van der Waals surface area contributed by atoms with Crippen molar-refractivity contribution in [2.24, 2.45) is 0 Å². The van der Waals surface area contributed by atoms with Gasteiger partial charge in [-0.3, -0.25) is 0 Å². The zero-order chi connectivity index (χ0) is 7.15. The summed E-state index contributed by atoms with van der Waals surface area (Å²) >= 11 is 0. The third kappa shape index (κ3) is 227. The van der Waals surface area contributed by atoms with Crippen molar-refractivity contribution in [3.8, 4) is 0 Å². The summed E-state index contributed by atoms with van der Waals surface area (Å²) in [5, 5.41) is 0. The Kier molecular flexibility index (Phi) is 23.0. The van der Waals surface area contributed by atoms with Crippen molar-refractivity contribution < 1.29 is 21.1 Å². The fourth-order valence-electron chi connectivity index (χ4n) is 0. The molecule has 0 saturated carbocycles. The Hall–Kier alpha value is 1.55. The van der Waals surface area contributed by atoms with Gasteiger partial charge in [0.25, 0.3) is 0 Å². The molecule has 0 spiro atoms. The van der Waals surface area contributed by atoms with Gasteiger partial charge in [0, 0.05) is 40.0 Å². The van der Waals surface area contributed by atoms with Gasteiger partial charge in [0.2, 0.25) is 0 Å². The molecule has 0 N–H and O–H groups in total. The first-order valence-electron chi connectivity index (χ1n) is 3.00. The average Bonchev–Trinajstić information content (AvgIpc) is 1.25. The second-order valence-electron chi connectivity index (χ2n) is 3.00. The van der Waals surface area contributed by atoms with Crippen molar-refractivity contribution in [1.82, 2.24) is 0 Å². The summed E-state index contributed by atoms with van der Waals surface area (Å²) in [6, 6.07) is 0. The second-order valence-corrected chi connectivity index (χ2v) is 9.00. The van der Waals surface area contributed by atoms with E-state index in [0.717, 1.165) is 0 Å². The van der Waals surface area contributed by atoms with Gasteiger partial charge >= 0.3 is 21.1 Å². The van der Waals surface area contributed by atoms with Gasteiger partial charge in [-0.1, -0.05) is 0 Å². The van der Waals surface area contributed by atoms with E-state index in [0.29, 0.717) is 0 Å². The zero-order valence-corrected chi connectivity index (χ0v) is 11.6. The molecule has 0 unspecified atom stereocenters. The first kappa shape index (κ1) is 16.9. The van der Waals surface area contributed by atoms with Gasteiger partial charge in [0.15, 0.2) is 0 Å². The molecule has 60 valence electrons. The van der Waals surface area contributed by atoms with Crippen molar-refractivity contribution in [2.75, 3.05) is 40.0 Å². The number of rotatable bonds is 0. The Balaban J connectivity index is -0.0000000720. The number of hydrogen-bond acceptors (Lipinski definition) is 0. The molecule has 0 aromatic carbocycles. The van der Waals surface area contributed by atoms with Gasteiger partial charge < -0.3 is 0 Å². The summed E-state index contributed by atoms with van der Waals surface area (Å²) in [4.78, 5) is 0. The van der Waals surface area contributed by atoms with Crippen LogP contribution in [0.4, 0.5) is 0 Å². The van der Waals surface area contributed by atoms with E-state index in [2.05, 4.69) is 40.0 Å². The molecule has 0 nitrogen and oxygen atoms in total. The molecule has 0 fully saturated rings. The van der Waals surface area contributed by atoms with Crippen LogP contribution in [-0.2, 0) is 21.1 Å². The molecule has 0 radical (unpaired) electrons. The molecule has 0 aliphatic carbocycles. The minimum atomic E-state index is 0.